The molecule has 0 radical (unpaired) electrons. The molecule has 6 nitrogen and oxygen atoms in total. The van der Waals surface area contributed by atoms with Crippen molar-refractivity contribution < 1.29 is 60.8 Å². The maximum absolute atomic E-state index is 12.7. The van der Waals surface area contributed by atoms with Gasteiger partial charge < -0.3 is 5.11 Å². The SMILES string of the molecule is O=S(=O)(O)c1ccc2c(N=Nc3cccc(C(F)(F)F)c3)c([O-])ccc2c1.[Na+]. The first kappa shape index (κ1) is 22.3. The molecule has 3 rings (SSSR count). The summed E-state index contributed by atoms with van der Waals surface area (Å²) in [5.74, 6) is -0.544. The van der Waals surface area contributed by atoms with Gasteiger partial charge in [-0.3, -0.25) is 4.55 Å². The fourth-order valence-electron chi connectivity index (χ4n) is 2.39. The van der Waals surface area contributed by atoms with E-state index in [1.54, 1.807) is 0 Å². The van der Waals surface area contributed by atoms with Gasteiger partial charge in [-0.25, -0.2) is 0 Å². The minimum Gasteiger partial charge on any atom is -0.871 e. The predicted octanol–water partition coefficient (Wildman–Crippen LogP) is 1.60. The molecule has 0 bridgehead atoms. The molecule has 0 aliphatic rings. The van der Waals surface area contributed by atoms with Crippen LogP contribution < -0.4 is 34.7 Å². The molecule has 0 aliphatic heterocycles. The number of azo groups is 1. The average molecular weight is 418 g/mol. The molecule has 0 spiro atoms. The molecule has 0 aromatic heterocycles. The Morgan fingerprint density at radius 3 is 2.32 bits per heavy atom. The number of alkyl halides is 3. The zero-order valence-electron chi connectivity index (χ0n) is 14.3. The third kappa shape index (κ3) is 4.89. The molecule has 28 heavy (non-hydrogen) atoms. The monoisotopic (exact) mass is 418 g/mol. The molecular formula is C17H10F3N2NaO4S. The van der Waals surface area contributed by atoms with Crippen molar-refractivity contribution in [1.29, 1.82) is 0 Å². The first-order valence-corrected chi connectivity index (χ1v) is 8.80. The van der Waals surface area contributed by atoms with Crippen LogP contribution in [0.5, 0.6) is 5.75 Å². The van der Waals surface area contributed by atoms with Crippen molar-refractivity contribution in [2.24, 2.45) is 10.2 Å². The third-order valence-corrected chi connectivity index (χ3v) is 4.51. The van der Waals surface area contributed by atoms with Crippen molar-refractivity contribution in [1.82, 2.24) is 0 Å². The van der Waals surface area contributed by atoms with Crippen molar-refractivity contribution >= 4 is 32.3 Å². The van der Waals surface area contributed by atoms with E-state index in [-0.39, 0.29) is 51.2 Å². The van der Waals surface area contributed by atoms with Gasteiger partial charge in [0, 0.05) is 5.39 Å². The quantitative estimate of drug-likeness (QED) is 0.397. The van der Waals surface area contributed by atoms with E-state index in [1.807, 2.05) is 0 Å². The first-order valence-electron chi connectivity index (χ1n) is 7.36. The molecule has 0 fully saturated rings. The Morgan fingerprint density at radius 1 is 0.964 bits per heavy atom. The van der Waals surface area contributed by atoms with E-state index in [0.29, 0.717) is 5.39 Å². The number of rotatable bonds is 3. The number of hydrogen-bond donors (Lipinski definition) is 1. The predicted molar refractivity (Wildman–Crippen MR) is 88.8 cm³/mol. The van der Waals surface area contributed by atoms with Gasteiger partial charge in [0.2, 0.25) is 0 Å². The van der Waals surface area contributed by atoms with Gasteiger partial charge in [-0.2, -0.15) is 31.8 Å². The molecule has 0 atom stereocenters. The topological polar surface area (TPSA) is 102 Å². The molecule has 0 saturated heterocycles. The fraction of sp³-hybridized carbons (Fsp3) is 0.0588. The van der Waals surface area contributed by atoms with Gasteiger partial charge in [0.15, 0.2) is 0 Å². The summed E-state index contributed by atoms with van der Waals surface area (Å²) >= 11 is 0. The summed E-state index contributed by atoms with van der Waals surface area (Å²) in [4.78, 5) is -0.366. The molecule has 1 N–H and O–H groups in total. The van der Waals surface area contributed by atoms with Gasteiger partial charge in [0.05, 0.1) is 21.8 Å². The number of fused-ring (bicyclic) bond motifs is 1. The maximum Gasteiger partial charge on any atom is 1.00 e. The zero-order valence-corrected chi connectivity index (χ0v) is 17.1. The van der Waals surface area contributed by atoms with E-state index in [0.717, 1.165) is 36.4 Å². The van der Waals surface area contributed by atoms with Gasteiger partial charge >= 0.3 is 35.7 Å². The number of halogens is 3. The molecule has 3 aromatic rings. The number of hydrogen-bond acceptors (Lipinski definition) is 5. The summed E-state index contributed by atoms with van der Waals surface area (Å²) < 4.78 is 69.8. The van der Waals surface area contributed by atoms with Crippen LogP contribution >= 0.6 is 0 Å². The Balaban J connectivity index is 0.00000280. The van der Waals surface area contributed by atoms with Crippen LogP contribution in [0.4, 0.5) is 24.5 Å². The van der Waals surface area contributed by atoms with Crippen molar-refractivity contribution in [2.45, 2.75) is 11.1 Å². The molecule has 0 saturated carbocycles. The van der Waals surface area contributed by atoms with Gasteiger partial charge in [-0.05, 0) is 35.7 Å². The second kappa shape index (κ2) is 8.18. The summed E-state index contributed by atoms with van der Waals surface area (Å²) in [5.41, 5.74) is -1.17. The number of nitrogens with zero attached hydrogens (tertiary/aromatic N) is 2. The van der Waals surface area contributed by atoms with Crippen LogP contribution in [0.15, 0.2) is 69.7 Å². The van der Waals surface area contributed by atoms with Gasteiger partial charge in [-0.15, -0.1) is 0 Å². The van der Waals surface area contributed by atoms with Gasteiger partial charge in [-0.1, -0.05) is 30.0 Å². The Bertz CT molecular complexity index is 1160. The molecule has 0 amide bonds. The zero-order chi connectivity index (χ0) is 19.8. The number of benzene rings is 3. The first-order chi connectivity index (χ1) is 12.6. The molecule has 3 aromatic carbocycles. The summed E-state index contributed by atoms with van der Waals surface area (Å²) in [6.45, 7) is 0. The van der Waals surface area contributed by atoms with Crippen LogP contribution in [0, 0.1) is 0 Å². The van der Waals surface area contributed by atoms with E-state index >= 15 is 0 Å². The van der Waals surface area contributed by atoms with E-state index in [1.165, 1.54) is 18.2 Å². The minimum absolute atomic E-state index is 0. The maximum atomic E-state index is 12.7. The molecule has 11 heteroatoms. The van der Waals surface area contributed by atoms with Crippen LogP contribution in [-0.4, -0.2) is 13.0 Å². The van der Waals surface area contributed by atoms with Crippen molar-refractivity contribution in [3.05, 3.63) is 60.2 Å². The molecule has 0 aliphatic carbocycles. The van der Waals surface area contributed by atoms with Crippen LogP contribution in [0.3, 0.4) is 0 Å². The van der Waals surface area contributed by atoms with E-state index in [4.69, 9.17) is 4.55 Å². The summed E-state index contributed by atoms with van der Waals surface area (Å²) in [5, 5.41) is 20.0. The van der Waals surface area contributed by atoms with Gasteiger partial charge in [0.1, 0.15) is 0 Å². The Kier molecular flexibility index (Phi) is 6.51. The van der Waals surface area contributed by atoms with Crippen LogP contribution in [-0.2, 0) is 16.3 Å². The van der Waals surface area contributed by atoms with Gasteiger partial charge in [0.25, 0.3) is 10.1 Å². The third-order valence-electron chi connectivity index (χ3n) is 3.66. The van der Waals surface area contributed by atoms with E-state index in [2.05, 4.69) is 10.2 Å². The van der Waals surface area contributed by atoms with Crippen molar-refractivity contribution in [2.75, 3.05) is 0 Å². The second-order valence-corrected chi connectivity index (χ2v) is 6.94. The fourth-order valence-corrected chi connectivity index (χ4v) is 2.90. The van der Waals surface area contributed by atoms with Crippen LogP contribution in [0.1, 0.15) is 5.56 Å². The largest absolute Gasteiger partial charge is 1.00 e. The summed E-state index contributed by atoms with van der Waals surface area (Å²) in [6.07, 6.45) is -4.54. The summed E-state index contributed by atoms with van der Waals surface area (Å²) in [6, 6.07) is 10.1. The summed E-state index contributed by atoms with van der Waals surface area (Å²) in [7, 11) is -4.43. The van der Waals surface area contributed by atoms with Crippen molar-refractivity contribution in [3.8, 4) is 5.75 Å². The Hall–Kier alpha value is -1.98. The van der Waals surface area contributed by atoms with E-state index < -0.39 is 27.6 Å². The van der Waals surface area contributed by atoms with E-state index in [9.17, 15) is 26.7 Å². The molecule has 0 unspecified atom stereocenters. The molecule has 140 valence electrons. The average Bonchev–Trinajstić information content (AvgIpc) is 2.59. The Labute approximate surface area is 179 Å². The van der Waals surface area contributed by atoms with Crippen LogP contribution in [0.25, 0.3) is 10.8 Å². The molecular weight excluding hydrogens is 408 g/mol. The smallest absolute Gasteiger partial charge is 0.871 e. The normalized spacial score (nSPS) is 12.3. The molecule has 0 heterocycles. The standard InChI is InChI=1S/C17H11F3N2O4S.Na/c18-17(19,20)11-2-1-3-12(9-11)21-22-16-14-6-5-13(27(24,25)26)8-10(14)4-7-15(16)23;/h1-9,23H,(H,24,25,26);/q;+1/p-1. The Morgan fingerprint density at radius 2 is 1.68 bits per heavy atom. The second-order valence-electron chi connectivity index (χ2n) is 5.52. The minimum atomic E-state index is -4.54. The van der Waals surface area contributed by atoms with Crippen molar-refractivity contribution in [3.63, 3.8) is 0 Å². The van der Waals surface area contributed by atoms with Crippen LogP contribution in [0.2, 0.25) is 0 Å².